The summed E-state index contributed by atoms with van der Waals surface area (Å²) in [5, 5.41) is 2.64. The van der Waals surface area contributed by atoms with Gasteiger partial charge in [-0.2, -0.15) is 4.31 Å². The molecule has 1 aliphatic rings. The van der Waals surface area contributed by atoms with Gasteiger partial charge in [0.25, 0.3) is 5.91 Å². The van der Waals surface area contributed by atoms with Gasteiger partial charge in [0.1, 0.15) is 16.4 Å². The van der Waals surface area contributed by atoms with Gasteiger partial charge in [-0.1, -0.05) is 6.92 Å². The third-order valence-corrected chi connectivity index (χ3v) is 6.82. The molecule has 0 aromatic heterocycles. The molecule has 10 heteroatoms. The van der Waals surface area contributed by atoms with E-state index in [9.17, 15) is 18.0 Å². The van der Waals surface area contributed by atoms with Gasteiger partial charge in [0.2, 0.25) is 10.0 Å². The minimum atomic E-state index is -3.81. The van der Waals surface area contributed by atoms with E-state index in [1.807, 2.05) is 0 Å². The molecule has 0 aliphatic carbocycles. The minimum Gasteiger partial charge on any atom is -0.495 e. The number of hydrogen-bond donors (Lipinski definition) is 1. The van der Waals surface area contributed by atoms with Crippen LogP contribution in [-0.4, -0.2) is 64.4 Å². The van der Waals surface area contributed by atoms with Gasteiger partial charge in [0, 0.05) is 30.8 Å². The maximum Gasteiger partial charge on any atom is 0.262 e. The summed E-state index contributed by atoms with van der Waals surface area (Å²) in [6.45, 7) is 2.65. The van der Waals surface area contributed by atoms with Gasteiger partial charge in [-0.25, -0.2) is 8.42 Å². The summed E-state index contributed by atoms with van der Waals surface area (Å²) < 4.78 is 43.3. The van der Waals surface area contributed by atoms with Crippen LogP contribution in [0.25, 0.3) is 0 Å². The molecule has 0 saturated carbocycles. The standard InChI is InChI=1S/C22H26N2O7S/c1-3-19(25)16-4-7-18(8-5-16)31-15-22(26)23-17-6-9-20(29-2)21(14-17)32(27,28)24-10-12-30-13-11-24/h4-9,14H,3,10-13,15H2,1-2H3,(H,23,26). The fourth-order valence-electron chi connectivity index (χ4n) is 3.17. The Bertz CT molecular complexity index is 1060. The summed E-state index contributed by atoms with van der Waals surface area (Å²) >= 11 is 0. The molecular formula is C22H26N2O7S. The SMILES string of the molecule is CCC(=O)c1ccc(OCC(=O)Nc2ccc(OC)c(S(=O)(=O)N3CCOCC3)c2)cc1. The van der Waals surface area contributed by atoms with Crippen LogP contribution in [0.3, 0.4) is 0 Å². The first-order valence-corrected chi connectivity index (χ1v) is 11.6. The molecule has 172 valence electrons. The summed E-state index contributed by atoms with van der Waals surface area (Å²) in [5.74, 6) is 0.195. The number of benzene rings is 2. The van der Waals surface area contributed by atoms with Crippen molar-refractivity contribution in [3.8, 4) is 11.5 Å². The number of anilines is 1. The summed E-state index contributed by atoms with van der Waals surface area (Å²) in [5.41, 5.74) is 0.881. The van der Waals surface area contributed by atoms with Crippen LogP contribution in [0.15, 0.2) is 47.4 Å². The second-order valence-corrected chi connectivity index (χ2v) is 8.93. The summed E-state index contributed by atoms with van der Waals surface area (Å²) in [6.07, 6.45) is 0.410. The maximum atomic E-state index is 13.0. The predicted molar refractivity (Wildman–Crippen MR) is 118 cm³/mol. The van der Waals surface area contributed by atoms with Crippen LogP contribution in [0.5, 0.6) is 11.5 Å². The van der Waals surface area contributed by atoms with Crippen molar-refractivity contribution >= 4 is 27.4 Å². The molecule has 0 bridgehead atoms. The number of nitrogens with one attached hydrogen (secondary N) is 1. The first-order chi connectivity index (χ1) is 15.3. The van der Waals surface area contributed by atoms with Crippen LogP contribution < -0.4 is 14.8 Å². The van der Waals surface area contributed by atoms with Crippen LogP contribution in [0.4, 0.5) is 5.69 Å². The van der Waals surface area contributed by atoms with Crippen LogP contribution in [0, 0.1) is 0 Å². The quantitative estimate of drug-likeness (QED) is 0.569. The largest absolute Gasteiger partial charge is 0.495 e. The van der Waals surface area contributed by atoms with Crippen molar-refractivity contribution < 1.29 is 32.2 Å². The molecule has 1 heterocycles. The molecule has 1 amide bonds. The van der Waals surface area contributed by atoms with Gasteiger partial charge in [0.05, 0.1) is 20.3 Å². The van der Waals surface area contributed by atoms with E-state index >= 15 is 0 Å². The lowest BCUT2D eigenvalue weighted by Gasteiger charge is -2.26. The van der Waals surface area contributed by atoms with E-state index in [1.165, 1.54) is 23.5 Å². The number of sulfonamides is 1. The minimum absolute atomic E-state index is 0.0247. The van der Waals surface area contributed by atoms with Gasteiger partial charge in [-0.05, 0) is 42.5 Å². The lowest BCUT2D eigenvalue weighted by Crippen LogP contribution is -2.40. The topological polar surface area (TPSA) is 111 Å². The van der Waals surface area contributed by atoms with Crippen molar-refractivity contribution in [2.45, 2.75) is 18.2 Å². The Balaban J connectivity index is 1.67. The normalized spacial score (nSPS) is 14.6. The highest BCUT2D eigenvalue weighted by atomic mass is 32.2. The lowest BCUT2D eigenvalue weighted by molar-refractivity contribution is -0.118. The molecule has 1 N–H and O–H groups in total. The zero-order valence-electron chi connectivity index (χ0n) is 18.0. The number of Topliss-reactive ketones (excluding diaryl/α,β-unsaturated/α-hetero) is 1. The first kappa shape index (κ1) is 23.7. The van der Waals surface area contributed by atoms with Crippen molar-refractivity contribution in [1.82, 2.24) is 4.31 Å². The number of amides is 1. The molecule has 0 unspecified atom stereocenters. The molecular weight excluding hydrogens is 436 g/mol. The van der Waals surface area contributed by atoms with Crippen LogP contribution >= 0.6 is 0 Å². The summed E-state index contributed by atoms with van der Waals surface area (Å²) in [4.78, 5) is 24.0. The number of morpholine rings is 1. The van der Waals surface area contributed by atoms with E-state index in [-0.39, 0.29) is 36.1 Å². The average Bonchev–Trinajstić information content (AvgIpc) is 2.83. The van der Waals surface area contributed by atoms with E-state index in [0.717, 1.165) is 0 Å². The van der Waals surface area contributed by atoms with Crippen molar-refractivity contribution in [2.75, 3.05) is 45.3 Å². The zero-order chi connectivity index (χ0) is 23.1. The first-order valence-electron chi connectivity index (χ1n) is 10.2. The third kappa shape index (κ3) is 5.64. The Morgan fingerprint density at radius 2 is 1.78 bits per heavy atom. The lowest BCUT2D eigenvalue weighted by atomic mass is 10.1. The van der Waals surface area contributed by atoms with Gasteiger partial charge < -0.3 is 19.5 Å². The van der Waals surface area contributed by atoms with Gasteiger partial charge in [0.15, 0.2) is 12.4 Å². The number of nitrogens with zero attached hydrogens (tertiary/aromatic N) is 1. The molecule has 1 aliphatic heterocycles. The van der Waals surface area contributed by atoms with E-state index < -0.39 is 15.9 Å². The Morgan fingerprint density at radius 1 is 1.09 bits per heavy atom. The molecule has 2 aromatic carbocycles. The van der Waals surface area contributed by atoms with Crippen LogP contribution in [0.1, 0.15) is 23.7 Å². The molecule has 1 saturated heterocycles. The van der Waals surface area contributed by atoms with E-state index in [1.54, 1.807) is 37.3 Å². The fourth-order valence-corrected chi connectivity index (χ4v) is 4.76. The van der Waals surface area contributed by atoms with Crippen LogP contribution in [-0.2, 0) is 19.6 Å². The highest BCUT2D eigenvalue weighted by Gasteiger charge is 2.29. The van der Waals surface area contributed by atoms with Gasteiger partial charge >= 0.3 is 0 Å². The fraction of sp³-hybridized carbons (Fsp3) is 0.364. The zero-order valence-corrected chi connectivity index (χ0v) is 18.8. The Labute approximate surface area is 187 Å². The van der Waals surface area contributed by atoms with Crippen molar-refractivity contribution in [1.29, 1.82) is 0 Å². The highest BCUT2D eigenvalue weighted by Crippen LogP contribution is 2.30. The van der Waals surface area contributed by atoms with Gasteiger partial charge in [-0.15, -0.1) is 0 Å². The van der Waals surface area contributed by atoms with E-state index in [4.69, 9.17) is 14.2 Å². The smallest absolute Gasteiger partial charge is 0.262 e. The second-order valence-electron chi connectivity index (χ2n) is 7.02. The molecule has 0 radical (unpaired) electrons. The molecule has 3 rings (SSSR count). The molecule has 9 nitrogen and oxygen atoms in total. The number of ketones is 1. The molecule has 0 spiro atoms. The van der Waals surface area contributed by atoms with Crippen LogP contribution in [0.2, 0.25) is 0 Å². The van der Waals surface area contributed by atoms with Crippen molar-refractivity contribution in [2.24, 2.45) is 0 Å². The number of methoxy groups -OCH3 is 1. The maximum absolute atomic E-state index is 13.0. The molecule has 2 aromatic rings. The Kier molecular flexibility index (Phi) is 7.84. The number of carbonyl (C=O) groups is 2. The highest BCUT2D eigenvalue weighted by molar-refractivity contribution is 7.89. The average molecular weight is 463 g/mol. The third-order valence-electron chi connectivity index (χ3n) is 4.90. The summed E-state index contributed by atoms with van der Waals surface area (Å²) in [7, 11) is -2.43. The molecule has 1 fully saturated rings. The summed E-state index contributed by atoms with van der Waals surface area (Å²) in [6, 6.07) is 10.9. The molecule has 32 heavy (non-hydrogen) atoms. The van der Waals surface area contributed by atoms with Gasteiger partial charge in [-0.3, -0.25) is 9.59 Å². The number of carbonyl (C=O) groups excluding carboxylic acids is 2. The van der Waals surface area contributed by atoms with Crippen molar-refractivity contribution in [3.63, 3.8) is 0 Å². The van der Waals surface area contributed by atoms with E-state index in [2.05, 4.69) is 5.32 Å². The molecule has 0 atom stereocenters. The number of rotatable bonds is 9. The second kappa shape index (κ2) is 10.6. The predicted octanol–water partition coefficient (Wildman–Crippen LogP) is 2.33. The Morgan fingerprint density at radius 3 is 2.41 bits per heavy atom. The monoisotopic (exact) mass is 462 g/mol. The van der Waals surface area contributed by atoms with E-state index in [0.29, 0.717) is 36.6 Å². The number of ether oxygens (including phenoxy) is 3. The Hall–Kier alpha value is -2.95. The number of hydrogen-bond acceptors (Lipinski definition) is 7. The van der Waals surface area contributed by atoms with Crippen molar-refractivity contribution in [3.05, 3.63) is 48.0 Å².